The zero-order valence-corrected chi connectivity index (χ0v) is 14.4. The predicted octanol–water partition coefficient (Wildman–Crippen LogP) is 3.28. The smallest absolute Gasteiger partial charge is 0.387 e. The van der Waals surface area contributed by atoms with Gasteiger partial charge in [0.15, 0.2) is 0 Å². The Morgan fingerprint density at radius 2 is 2.04 bits per heavy atom. The van der Waals surface area contributed by atoms with Crippen LogP contribution in [0.25, 0.3) is 0 Å². The van der Waals surface area contributed by atoms with Crippen LogP contribution in [0.2, 0.25) is 0 Å². The highest BCUT2D eigenvalue weighted by atomic mass is 19.3. The zero-order valence-electron chi connectivity index (χ0n) is 14.4. The third kappa shape index (κ3) is 4.32. The fourth-order valence-electron chi connectivity index (χ4n) is 2.50. The highest BCUT2D eigenvalue weighted by molar-refractivity contribution is 5.93. The average molecular weight is 368 g/mol. The second kappa shape index (κ2) is 7.89. The molecule has 1 aromatic carbocycles. The number of nitrogens with one attached hydrogen (secondary N) is 1. The van der Waals surface area contributed by atoms with Gasteiger partial charge >= 0.3 is 12.3 Å². The number of rotatable bonds is 7. The number of benzene rings is 1. The largest absolute Gasteiger partial charge is 0.433 e. The molecule has 0 spiro atoms. The van der Waals surface area contributed by atoms with Crippen molar-refractivity contribution in [2.45, 2.75) is 33.9 Å². The molecule has 0 fully saturated rings. The van der Waals surface area contributed by atoms with Gasteiger partial charge in [0.05, 0.1) is 23.1 Å². The molecule has 26 heavy (non-hydrogen) atoms. The van der Waals surface area contributed by atoms with Crippen molar-refractivity contribution in [3.8, 4) is 5.75 Å². The van der Waals surface area contributed by atoms with Gasteiger partial charge in [0.25, 0.3) is 0 Å². The van der Waals surface area contributed by atoms with Crippen LogP contribution >= 0.6 is 0 Å². The maximum atomic E-state index is 12.4. The molecule has 1 aromatic heterocycles. The van der Waals surface area contributed by atoms with Crippen molar-refractivity contribution in [2.75, 3.05) is 5.32 Å². The normalized spacial score (nSPS) is 12.1. The lowest BCUT2D eigenvalue weighted by Crippen LogP contribution is -2.25. The summed E-state index contributed by atoms with van der Waals surface area (Å²) >= 11 is 0. The maximum Gasteiger partial charge on any atom is 0.387 e. The van der Waals surface area contributed by atoms with Gasteiger partial charge in [-0.25, -0.2) is 0 Å². The molecule has 0 saturated heterocycles. The number of alkyl halides is 2. The Bertz CT molecular complexity index is 823. The molecule has 2 rings (SSSR count). The van der Waals surface area contributed by atoms with Gasteiger partial charge in [0.2, 0.25) is 5.91 Å². The van der Waals surface area contributed by atoms with E-state index in [1.807, 2.05) is 0 Å². The fraction of sp³-hybridized carbons (Fsp3) is 0.375. The Balaban J connectivity index is 2.12. The third-order valence-corrected chi connectivity index (χ3v) is 3.78. The summed E-state index contributed by atoms with van der Waals surface area (Å²) in [5.41, 5.74) is 0.627. The van der Waals surface area contributed by atoms with Crippen LogP contribution in [0.15, 0.2) is 24.3 Å². The highest BCUT2D eigenvalue weighted by Crippen LogP contribution is 2.27. The van der Waals surface area contributed by atoms with E-state index in [9.17, 15) is 23.7 Å². The van der Waals surface area contributed by atoms with Crippen molar-refractivity contribution in [3.63, 3.8) is 0 Å². The summed E-state index contributed by atoms with van der Waals surface area (Å²) in [6, 6.07) is 5.84. The molecular weight excluding hydrogens is 350 g/mol. The highest BCUT2D eigenvalue weighted by Gasteiger charge is 2.24. The number of hydrogen-bond acceptors (Lipinski definition) is 5. The molecule has 2 aromatic rings. The monoisotopic (exact) mass is 368 g/mol. The van der Waals surface area contributed by atoms with E-state index in [2.05, 4.69) is 15.2 Å². The van der Waals surface area contributed by atoms with E-state index >= 15 is 0 Å². The molecule has 10 heteroatoms. The molecule has 1 unspecified atom stereocenters. The zero-order chi connectivity index (χ0) is 19.4. The molecule has 8 nitrogen and oxygen atoms in total. The van der Waals surface area contributed by atoms with Crippen molar-refractivity contribution in [3.05, 3.63) is 45.8 Å². The lowest BCUT2D eigenvalue weighted by molar-refractivity contribution is -0.386. The van der Waals surface area contributed by atoms with E-state index < -0.39 is 23.4 Å². The molecule has 0 saturated carbocycles. The van der Waals surface area contributed by atoms with Crippen LogP contribution in [0, 0.1) is 29.9 Å². The van der Waals surface area contributed by atoms with Crippen LogP contribution in [0.4, 0.5) is 20.2 Å². The summed E-state index contributed by atoms with van der Waals surface area (Å²) in [6.45, 7) is 1.76. The van der Waals surface area contributed by atoms with Gasteiger partial charge in [-0.1, -0.05) is 19.1 Å². The average Bonchev–Trinajstić information content (AvgIpc) is 2.82. The summed E-state index contributed by atoms with van der Waals surface area (Å²) in [4.78, 5) is 22.9. The second-order valence-corrected chi connectivity index (χ2v) is 5.72. The third-order valence-electron chi connectivity index (χ3n) is 3.78. The number of nitrogens with zero attached hydrogens (tertiary/aromatic N) is 3. The number of hydrogen-bond donors (Lipinski definition) is 1. The summed E-state index contributed by atoms with van der Waals surface area (Å²) in [5.74, 6) is -1.22. The van der Waals surface area contributed by atoms with Crippen LogP contribution in [-0.2, 0) is 11.3 Å². The molecule has 140 valence electrons. The number of carbonyl (C=O) groups excluding carboxylic acids is 1. The summed E-state index contributed by atoms with van der Waals surface area (Å²) in [7, 11) is 0. The topological polar surface area (TPSA) is 99.3 Å². The number of ether oxygens (including phenoxy) is 1. The maximum absolute atomic E-state index is 12.4. The van der Waals surface area contributed by atoms with E-state index in [1.54, 1.807) is 19.9 Å². The number of aromatic nitrogens is 2. The van der Waals surface area contributed by atoms with Crippen LogP contribution < -0.4 is 10.1 Å². The molecule has 0 aliphatic rings. The number of carbonyl (C=O) groups is 1. The fourth-order valence-corrected chi connectivity index (χ4v) is 2.50. The van der Waals surface area contributed by atoms with E-state index in [0.717, 1.165) is 0 Å². The van der Waals surface area contributed by atoms with E-state index in [1.165, 1.54) is 29.8 Å². The number of aryl methyl sites for hydroxylation is 1. The van der Waals surface area contributed by atoms with Gasteiger partial charge in [-0.15, -0.1) is 0 Å². The number of anilines is 1. The number of amides is 1. The Labute approximate surface area is 147 Å². The number of nitro groups is 1. The Morgan fingerprint density at radius 1 is 1.38 bits per heavy atom. The Hall–Kier alpha value is -3.04. The van der Waals surface area contributed by atoms with Gasteiger partial charge < -0.3 is 10.1 Å². The van der Waals surface area contributed by atoms with Crippen molar-refractivity contribution in [2.24, 2.45) is 5.92 Å². The van der Waals surface area contributed by atoms with Crippen molar-refractivity contribution in [1.29, 1.82) is 0 Å². The first-order valence-electron chi connectivity index (χ1n) is 7.73. The number of para-hydroxylation sites is 2. The molecule has 0 radical (unpaired) electrons. The first-order chi connectivity index (χ1) is 12.2. The standard InChI is InChI=1S/C16H18F2N4O4/c1-9(8-21-11(3)14(22(24)25)10(2)20-21)15(23)19-12-6-4-5-7-13(12)26-16(17)18/h4-7,9,16H,8H2,1-3H3,(H,19,23). The molecule has 0 aliphatic carbocycles. The van der Waals surface area contributed by atoms with E-state index in [4.69, 9.17) is 0 Å². The SMILES string of the molecule is Cc1nn(CC(C)C(=O)Nc2ccccc2OC(F)F)c(C)c1[N+](=O)[O-]. The van der Waals surface area contributed by atoms with Crippen LogP contribution in [-0.4, -0.2) is 27.2 Å². The van der Waals surface area contributed by atoms with Gasteiger partial charge in [-0.3, -0.25) is 19.6 Å². The first-order valence-corrected chi connectivity index (χ1v) is 7.73. The van der Waals surface area contributed by atoms with Gasteiger partial charge in [0, 0.05) is 0 Å². The molecular formula is C16H18F2N4O4. The van der Waals surface area contributed by atoms with Crippen LogP contribution in [0.1, 0.15) is 18.3 Å². The molecule has 0 bridgehead atoms. The molecule has 1 N–H and O–H groups in total. The van der Waals surface area contributed by atoms with Gasteiger partial charge in [-0.05, 0) is 26.0 Å². The van der Waals surface area contributed by atoms with Gasteiger partial charge in [-0.2, -0.15) is 13.9 Å². The minimum atomic E-state index is -3.01. The van der Waals surface area contributed by atoms with Crippen LogP contribution in [0.3, 0.4) is 0 Å². The lowest BCUT2D eigenvalue weighted by Gasteiger charge is -2.15. The molecule has 0 aliphatic heterocycles. The molecule has 1 amide bonds. The second-order valence-electron chi connectivity index (χ2n) is 5.72. The predicted molar refractivity (Wildman–Crippen MR) is 89.2 cm³/mol. The number of halogens is 2. The van der Waals surface area contributed by atoms with E-state index in [0.29, 0.717) is 5.69 Å². The summed E-state index contributed by atoms with van der Waals surface area (Å²) < 4.78 is 30.6. The minimum absolute atomic E-state index is 0.0895. The molecule has 1 atom stereocenters. The Morgan fingerprint density at radius 3 is 2.62 bits per heavy atom. The quantitative estimate of drug-likeness (QED) is 0.597. The summed E-state index contributed by atoms with van der Waals surface area (Å²) in [5, 5.41) is 17.7. The lowest BCUT2D eigenvalue weighted by atomic mass is 10.1. The Kier molecular flexibility index (Phi) is 5.86. The van der Waals surface area contributed by atoms with Crippen molar-refractivity contribution in [1.82, 2.24) is 9.78 Å². The molecule has 1 heterocycles. The van der Waals surface area contributed by atoms with Crippen molar-refractivity contribution < 1.29 is 23.2 Å². The summed E-state index contributed by atoms with van der Waals surface area (Å²) in [6.07, 6.45) is 0. The van der Waals surface area contributed by atoms with Crippen molar-refractivity contribution >= 4 is 17.3 Å². The minimum Gasteiger partial charge on any atom is -0.433 e. The van der Waals surface area contributed by atoms with E-state index in [-0.39, 0.29) is 29.4 Å². The van der Waals surface area contributed by atoms with Crippen LogP contribution in [0.5, 0.6) is 5.75 Å². The first kappa shape index (κ1) is 19.3. The van der Waals surface area contributed by atoms with Gasteiger partial charge in [0.1, 0.15) is 17.1 Å².